The lowest BCUT2D eigenvalue weighted by atomic mass is 10.1. The van der Waals surface area contributed by atoms with Gasteiger partial charge in [0.1, 0.15) is 0 Å². The molecule has 0 spiro atoms. The average molecular weight is 263 g/mol. The zero-order valence-electron chi connectivity index (χ0n) is 10.4. The van der Waals surface area contributed by atoms with Crippen LogP contribution < -0.4 is 5.32 Å². The van der Waals surface area contributed by atoms with Crippen LogP contribution in [-0.2, 0) is 21.3 Å². The Kier molecular flexibility index (Phi) is 4.31. The van der Waals surface area contributed by atoms with Crippen LogP contribution in [0.5, 0.6) is 0 Å². The van der Waals surface area contributed by atoms with Gasteiger partial charge in [0.05, 0.1) is 5.75 Å². The zero-order valence-corrected chi connectivity index (χ0v) is 11.2. The molecule has 1 aliphatic carbocycles. The van der Waals surface area contributed by atoms with E-state index in [9.17, 15) is 9.00 Å². The number of para-hydroxylation sites is 1. The van der Waals surface area contributed by atoms with Gasteiger partial charge in [0.15, 0.2) is 0 Å². The molecule has 1 atom stereocenters. The van der Waals surface area contributed by atoms with Crippen molar-refractivity contribution in [1.82, 2.24) is 0 Å². The molecule has 0 bridgehead atoms. The van der Waals surface area contributed by atoms with Crippen LogP contribution >= 0.6 is 0 Å². The van der Waals surface area contributed by atoms with Gasteiger partial charge >= 0.3 is 0 Å². The Labute approximate surface area is 110 Å². The number of amides is 1. The summed E-state index contributed by atoms with van der Waals surface area (Å²) < 4.78 is 11.3. The van der Waals surface area contributed by atoms with Crippen molar-refractivity contribution < 1.29 is 9.00 Å². The van der Waals surface area contributed by atoms with Crippen LogP contribution in [-0.4, -0.2) is 16.4 Å². The highest BCUT2D eigenvalue weighted by molar-refractivity contribution is 7.83. The van der Waals surface area contributed by atoms with Gasteiger partial charge in [-0.05, 0) is 24.5 Å². The number of hydrogen-bond acceptors (Lipinski definition) is 2. The predicted molar refractivity (Wildman–Crippen MR) is 74.7 cm³/mol. The molecular formula is C14H17NO2S. The molecule has 2 rings (SSSR count). The third kappa shape index (κ3) is 3.29. The van der Waals surface area contributed by atoms with Gasteiger partial charge < -0.3 is 5.32 Å². The summed E-state index contributed by atoms with van der Waals surface area (Å²) in [6.07, 6.45) is 7.37. The number of anilines is 1. The van der Waals surface area contributed by atoms with Crippen LogP contribution in [0.1, 0.15) is 18.4 Å². The van der Waals surface area contributed by atoms with Gasteiger partial charge in [0.25, 0.3) is 0 Å². The summed E-state index contributed by atoms with van der Waals surface area (Å²) in [6.45, 7) is 0. The minimum Gasteiger partial charge on any atom is -0.326 e. The Morgan fingerprint density at radius 3 is 2.67 bits per heavy atom. The molecule has 1 N–H and O–H groups in total. The highest BCUT2D eigenvalue weighted by atomic mass is 32.2. The van der Waals surface area contributed by atoms with Crippen LogP contribution in [0.25, 0.3) is 0 Å². The summed E-state index contributed by atoms with van der Waals surface area (Å²) in [4.78, 5) is 12.0. The Morgan fingerprint density at radius 1 is 1.33 bits per heavy atom. The summed E-state index contributed by atoms with van der Waals surface area (Å²) in [6, 6.07) is 7.55. The number of carbonyl (C=O) groups excluding carboxylic acids is 1. The highest BCUT2D eigenvalue weighted by Crippen LogP contribution is 2.22. The predicted octanol–water partition coefficient (Wildman–Crippen LogP) is 2.47. The standard InChI is InChI=1S/C14H17NO2S/c1-18(17)10-12-8-4-5-9-13(12)15-14(16)11-6-2-3-7-11/h2-5,8-9,11H,6-7,10H2,1H3,(H,15,16). The average Bonchev–Trinajstić information content (AvgIpc) is 2.84. The van der Waals surface area contributed by atoms with Crippen molar-refractivity contribution in [2.24, 2.45) is 5.92 Å². The SMILES string of the molecule is CS(=O)Cc1ccccc1NC(=O)C1CC=CC1. The van der Waals surface area contributed by atoms with Crippen LogP contribution in [0.4, 0.5) is 5.69 Å². The lowest BCUT2D eigenvalue weighted by Crippen LogP contribution is -2.21. The van der Waals surface area contributed by atoms with E-state index in [1.807, 2.05) is 36.4 Å². The minimum absolute atomic E-state index is 0.0465. The first-order valence-electron chi connectivity index (χ1n) is 6.00. The number of nitrogens with one attached hydrogen (secondary N) is 1. The van der Waals surface area contributed by atoms with Crippen molar-refractivity contribution in [1.29, 1.82) is 0 Å². The number of allylic oxidation sites excluding steroid dienone is 2. The zero-order chi connectivity index (χ0) is 13.0. The maximum atomic E-state index is 12.0. The van der Waals surface area contributed by atoms with E-state index in [-0.39, 0.29) is 11.8 Å². The van der Waals surface area contributed by atoms with Gasteiger partial charge in [-0.1, -0.05) is 30.4 Å². The van der Waals surface area contributed by atoms with E-state index in [1.165, 1.54) is 0 Å². The first-order chi connectivity index (χ1) is 8.66. The fourth-order valence-corrected chi connectivity index (χ4v) is 2.74. The van der Waals surface area contributed by atoms with Crippen molar-refractivity contribution in [3.63, 3.8) is 0 Å². The molecule has 1 aromatic rings. The monoisotopic (exact) mass is 263 g/mol. The van der Waals surface area contributed by atoms with Crippen LogP contribution in [0, 0.1) is 5.92 Å². The Balaban J connectivity index is 2.08. The molecule has 0 fully saturated rings. The fraction of sp³-hybridized carbons (Fsp3) is 0.357. The smallest absolute Gasteiger partial charge is 0.228 e. The largest absolute Gasteiger partial charge is 0.326 e. The second-order valence-corrected chi connectivity index (χ2v) is 5.94. The van der Waals surface area contributed by atoms with E-state index in [1.54, 1.807) is 6.26 Å². The van der Waals surface area contributed by atoms with E-state index in [2.05, 4.69) is 5.32 Å². The van der Waals surface area contributed by atoms with E-state index >= 15 is 0 Å². The molecule has 96 valence electrons. The number of benzene rings is 1. The maximum absolute atomic E-state index is 12.0. The molecule has 0 heterocycles. The Hall–Kier alpha value is -1.42. The molecule has 0 radical (unpaired) electrons. The molecule has 1 aliphatic rings. The lowest BCUT2D eigenvalue weighted by molar-refractivity contribution is -0.119. The van der Waals surface area contributed by atoms with E-state index < -0.39 is 10.8 Å². The van der Waals surface area contributed by atoms with Crippen molar-refractivity contribution >= 4 is 22.4 Å². The van der Waals surface area contributed by atoms with E-state index in [0.29, 0.717) is 5.75 Å². The van der Waals surface area contributed by atoms with E-state index in [0.717, 1.165) is 24.1 Å². The second kappa shape index (κ2) is 5.96. The Bertz CT molecular complexity index is 488. The molecule has 4 heteroatoms. The molecular weight excluding hydrogens is 246 g/mol. The second-order valence-electron chi connectivity index (χ2n) is 4.50. The van der Waals surface area contributed by atoms with Gasteiger partial charge in [-0.25, -0.2) is 0 Å². The minimum atomic E-state index is -0.907. The maximum Gasteiger partial charge on any atom is 0.228 e. The quantitative estimate of drug-likeness (QED) is 0.848. The van der Waals surface area contributed by atoms with Crippen molar-refractivity contribution in [2.45, 2.75) is 18.6 Å². The Morgan fingerprint density at radius 2 is 2.00 bits per heavy atom. The fourth-order valence-electron chi connectivity index (χ4n) is 2.05. The molecule has 3 nitrogen and oxygen atoms in total. The summed E-state index contributed by atoms with van der Waals surface area (Å²) in [5.74, 6) is 0.568. The van der Waals surface area contributed by atoms with Gasteiger partial charge in [-0.3, -0.25) is 9.00 Å². The summed E-state index contributed by atoms with van der Waals surface area (Å²) in [5.41, 5.74) is 1.71. The summed E-state index contributed by atoms with van der Waals surface area (Å²) in [7, 11) is -0.907. The van der Waals surface area contributed by atoms with Gasteiger partial charge in [-0.15, -0.1) is 0 Å². The molecule has 0 aliphatic heterocycles. The molecule has 0 saturated heterocycles. The molecule has 0 aromatic heterocycles. The van der Waals surface area contributed by atoms with Gasteiger partial charge in [-0.2, -0.15) is 0 Å². The van der Waals surface area contributed by atoms with Crippen molar-refractivity contribution in [2.75, 3.05) is 11.6 Å². The first kappa shape index (κ1) is 13.0. The van der Waals surface area contributed by atoms with Crippen LogP contribution in [0.15, 0.2) is 36.4 Å². The lowest BCUT2D eigenvalue weighted by Gasteiger charge is -2.13. The van der Waals surface area contributed by atoms with E-state index in [4.69, 9.17) is 0 Å². The van der Waals surface area contributed by atoms with Crippen LogP contribution in [0.2, 0.25) is 0 Å². The molecule has 0 saturated carbocycles. The first-order valence-corrected chi connectivity index (χ1v) is 7.73. The molecule has 1 unspecified atom stereocenters. The van der Waals surface area contributed by atoms with Gasteiger partial charge in [0.2, 0.25) is 5.91 Å². The third-order valence-electron chi connectivity index (χ3n) is 3.01. The number of carbonyl (C=O) groups is 1. The summed E-state index contributed by atoms with van der Waals surface area (Å²) in [5, 5.41) is 2.94. The number of rotatable bonds is 4. The number of hydrogen-bond donors (Lipinski definition) is 1. The van der Waals surface area contributed by atoms with Gasteiger partial charge in [0, 0.05) is 28.7 Å². The molecule has 18 heavy (non-hydrogen) atoms. The summed E-state index contributed by atoms with van der Waals surface area (Å²) >= 11 is 0. The third-order valence-corrected chi connectivity index (χ3v) is 3.73. The molecule has 1 aromatic carbocycles. The normalized spacial score (nSPS) is 16.7. The molecule has 1 amide bonds. The van der Waals surface area contributed by atoms with Crippen molar-refractivity contribution in [3.05, 3.63) is 42.0 Å². The highest BCUT2D eigenvalue weighted by Gasteiger charge is 2.19. The van der Waals surface area contributed by atoms with Crippen LogP contribution in [0.3, 0.4) is 0 Å². The van der Waals surface area contributed by atoms with Crippen molar-refractivity contribution in [3.8, 4) is 0 Å². The topological polar surface area (TPSA) is 46.2 Å².